The lowest BCUT2D eigenvalue weighted by Crippen LogP contribution is -2.21. The highest BCUT2D eigenvalue weighted by atomic mass is 35.5. The number of hydrogen-bond donors (Lipinski definition) is 1. The minimum atomic E-state index is -1.24. The van der Waals surface area contributed by atoms with Crippen molar-refractivity contribution in [2.45, 2.75) is 18.3 Å². The Balaban J connectivity index is 2.54. The molecule has 2 rings (SSSR count). The zero-order valence-electron chi connectivity index (χ0n) is 7.56. The van der Waals surface area contributed by atoms with Gasteiger partial charge in [0, 0.05) is 5.56 Å². The molecule has 0 aliphatic heterocycles. The molecule has 1 fully saturated rings. The first kappa shape index (κ1) is 10.4. The normalized spacial score (nSPS) is 17.5. The summed E-state index contributed by atoms with van der Waals surface area (Å²) in [7, 11) is 0. The summed E-state index contributed by atoms with van der Waals surface area (Å²) in [5, 5.41) is 8.58. The van der Waals surface area contributed by atoms with Crippen molar-refractivity contribution in [3.05, 3.63) is 34.4 Å². The zero-order chi connectivity index (χ0) is 11.2. The second-order valence-electron chi connectivity index (χ2n) is 3.63. The van der Waals surface area contributed by atoms with Crippen molar-refractivity contribution in [3.8, 4) is 0 Å². The maximum absolute atomic E-state index is 13.4. The van der Waals surface area contributed by atoms with Crippen LogP contribution in [0.4, 0.5) is 8.78 Å². The van der Waals surface area contributed by atoms with Gasteiger partial charge in [-0.25, -0.2) is 8.78 Å². The Hall–Kier alpha value is -1.16. The second-order valence-corrected chi connectivity index (χ2v) is 4.04. The van der Waals surface area contributed by atoms with Crippen LogP contribution in [0.25, 0.3) is 0 Å². The summed E-state index contributed by atoms with van der Waals surface area (Å²) in [6.07, 6.45) is 0.667. The van der Waals surface area contributed by atoms with Crippen molar-refractivity contribution in [1.29, 1.82) is 0 Å². The molecule has 80 valence electrons. The number of carboxylic acid groups (broad SMARTS) is 1. The van der Waals surface area contributed by atoms with Crippen LogP contribution >= 0.6 is 11.6 Å². The van der Waals surface area contributed by atoms with Crippen molar-refractivity contribution in [3.63, 3.8) is 0 Å². The van der Waals surface area contributed by atoms with Crippen LogP contribution < -0.4 is 0 Å². The molecular weight excluding hydrogens is 226 g/mol. The third kappa shape index (κ3) is 1.49. The van der Waals surface area contributed by atoms with Crippen molar-refractivity contribution in [2.75, 3.05) is 0 Å². The Kier molecular flexibility index (Phi) is 2.19. The molecule has 0 saturated heterocycles. The maximum Gasteiger partial charge on any atom is 0.314 e. The Morgan fingerprint density at radius 1 is 1.33 bits per heavy atom. The fourth-order valence-corrected chi connectivity index (χ4v) is 1.76. The van der Waals surface area contributed by atoms with Crippen LogP contribution in [0.1, 0.15) is 18.4 Å². The van der Waals surface area contributed by atoms with Crippen LogP contribution in [-0.4, -0.2) is 11.1 Å². The van der Waals surface area contributed by atoms with Crippen LogP contribution in [0.3, 0.4) is 0 Å². The van der Waals surface area contributed by atoms with Gasteiger partial charge >= 0.3 is 5.97 Å². The number of benzene rings is 1. The Morgan fingerprint density at radius 2 is 1.93 bits per heavy atom. The highest BCUT2D eigenvalue weighted by Crippen LogP contribution is 2.49. The molecule has 0 unspecified atom stereocenters. The van der Waals surface area contributed by atoms with Gasteiger partial charge in [-0.1, -0.05) is 11.6 Å². The molecular formula is C10H7ClF2O2. The summed E-state index contributed by atoms with van der Waals surface area (Å²) in [5.41, 5.74) is -1.35. The van der Waals surface area contributed by atoms with Gasteiger partial charge in [-0.3, -0.25) is 4.79 Å². The maximum atomic E-state index is 13.4. The standard InChI is InChI=1S/C10H7ClF2O2/c11-6-4-7(12)5(3-8(6)13)10(1-2-10)9(14)15/h3-4H,1-2H2,(H,14,15). The molecule has 1 aliphatic rings. The van der Waals surface area contributed by atoms with Gasteiger partial charge in [0.2, 0.25) is 0 Å². The molecule has 1 N–H and O–H groups in total. The summed E-state index contributed by atoms with van der Waals surface area (Å²) < 4.78 is 26.5. The van der Waals surface area contributed by atoms with E-state index < -0.39 is 23.0 Å². The van der Waals surface area contributed by atoms with Gasteiger partial charge in [-0.2, -0.15) is 0 Å². The van der Waals surface area contributed by atoms with Crippen LogP contribution in [0.5, 0.6) is 0 Å². The minimum Gasteiger partial charge on any atom is -0.481 e. The monoisotopic (exact) mass is 232 g/mol. The molecule has 1 saturated carbocycles. The van der Waals surface area contributed by atoms with Gasteiger partial charge < -0.3 is 5.11 Å². The number of hydrogen-bond acceptors (Lipinski definition) is 1. The van der Waals surface area contributed by atoms with Gasteiger partial charge in [0.05, 0.1) is 10.4 Å². The summed E-state index contributed by atoms with van der Waals surface area (Å²) in [4.78, 5) is 10.9. The number of carboxylic acids is 1. The summed E-state index contributed by atoms with van der Waals surface area (Å²) in [6.45, 7) is 0. The molecule has 0 aromatic heterocycles. The Labute approximate surface area is 89.5 Å². The minimum absolute atomic E-state index is 0.114. The number of aliphatic carboxylic acids is 1. The van der Waals surface area contributed by atoms with E-state index in [4.69, 9.17) is 16.7 Å². The molecule has 5 heteroatoms. The first-order chi connectivity index (χ1) is 6.97. The van der Waals surface area contributed by atoms with E-state index >= 15 is 0 Å². The third-order valence-corrected chi connectivity index (χ3v) is 2.97. The van der Waals surface area contributed by atoms with Crippen LogP contribution in [0, 0.1) is 11.6 Å². The van der Waals surface area contributed by atoms with E-state index in [2.05, 4.69) is 0 Å². The van der Waals surface area contributed by atoms with Crippen molar-refractivity contribution < 1.29 is 18.7 Å². The number of carbonyl (C=O) groups is 1. The second kappa shape index (κ2) is 3.17. The van der Waals surface area contributed by atoms with Gasteiger partial charge in [0.25, 0.3) is 0 Å². The average Bonchev–Trinajstić information content (AvgIpc) is 2.92. The zero-order valence-corrected chi connectivity index (χ0v) is 8.31. The van der Waals surface area contributed by atoms with E-state index in [9.17, 15) is 13.6 Å². The van der Waals surface area contributed by atoms with Gasteiger partial charge in [0.15, 0.2) is 0 Å². The molecule has 0 amide bonds. The highest BCUT2D eigenvalue weighted by molar-refractivity contribution is 6.30. The summed E-state index contributed by atoms with van der Waals surface area (Å²) >= 11 is 5.37. The molecule has 1 aromatic carbocycles. The van der Waals surface area contributed by atoms with Gasteiger partial charge in [-0.15, -0.1) is 0 Å². The van der Waals surface area contributed by atoms with E-state index in [0.29, 0.717) is 12.8 Å². The fraction of sp³-hybridized carbons (Fsp3) is 0.300. The van der Waals surface area contributed by atoms with Gasteiger partial charge in [-0.05, 0) is 25.0 Å². The molecule has 0 heterocycles. The van der Waals surface area contributed by atoms with Gasteiger partial charge in [0.1, 0.15) is 11.6 Å². The molecule has 0 atom stereocenters. The van der Waals surface area contributed by atoms with Crippen LogP contribution in [0.15, 0.2) is 12.1 Å². The lowest BCUT2D eigenvalue weighted by Gasteiger charge is -2.11. The van der Waals surface area contributed by atoms with E-state index in [-0.39, 0.29) is 10.6 Å². The number of rotatable bonds is 2. The van der Waals surface area contributed by atoms with Crippen molar-refractivity contribution >= 4 is 17.6 Å². The number of halogens is 3. The predicted octanol–water partition coefficient (Wildman–Crippen LogP) is 2.73. The molecule has 1 aromatic rings. The highest BCUT2D eigenvalue weighted by Gasteiger charge is 2.53. The third-order valence-electron chi connectivity index (χ3n) is 2.68. The Morgan fingerprint density at radius 3 is 2.40 bits per heavy atom. The SMILES string of the molecule is O=C(O)C1(c2cc(F)c(Cl)cc2F)CC1. The van der Waals surface area contributed by atoms with Crippen LogP contribution in [0.2, 0.25) is 5.02 Å². The molecule has 1 aliphatic carbocycles. The van der Waals surface area contributed by atoms with E-state index in [1.54, 1.807) is 0 Å². The van der Waals surface area contributed by atoms with Crippen LogP contribution in [-0.2, 0) is 10.2 Å². The molecule has 15 heavy (non-hydrogen) atoms. The van der Waals surface area contributed by atoms with Crippen molar-refractivity contribution in [1.82, 2.24) is 0 Å². The fourth-order valence-electron chi connectivity index (χ4n) is 1.61. The summed E-state index contributed by atoms with van der Waals surface area (Å²) in [6, 6.07) is 1.69. The quantitative estimate of drug-likeness (QED) is 0.796. The van der Waals surface area contributed by atoms with E-state index in [1.807, 2.05) is 0 Å². The molecule has 2 nitrogen and oxygen atoms in total. The van der Waals surface area contributed by atoms with E-state index in [0.717, 1.165) is 12.1 Å². The first-order valence-electron chi connectivity index (χ1n) is 4.36. The molecule has 0 spiro atoms. The largest absolute Gasteiger partial charge is 0.481 e. The predicted molar refractivity (Wildman–Crippen MR) is 49.9 cm³/mol. The first-order valence-corrected chi connectivity index (χ1v) is 4.73. The average molecular weight is 233 g/mol. The topological polar surface area (TPSA) is 37.3 Å². The molecule has 0 bridgehead atoms. The summed E-state index contributed by atoms with van der Waals surface area (Å²) in [5.74, 6) is -2.68. The lowest BCUT2D eigenvalue weighted by molar-refractivity contribution is -0.140. The van der Waals surface area contributed by atoms with Crippen molar-refractivity contribution in [2.24, 2.45) is 0 Å². The molecule has 0 radical (unpaired) electrons. The lowest BCUT2D eigenvalue weighted by atomic mass is 9.95. The Bertz CT molecular complexity index is 441. The smallest absolute Gasteiger partial charge is 0.314 e. The van der Waals surface area contributed by atoms with E-state index in [1.165, 1.54) is 0 Å².